The monoisotopic (exact) mass is 256 g/mol. The van der Waals surface area contributed by atoms with E-state index in [9.17, 15) is 4.79 Å². The zero-order chi connectivity index (χ0) is 14.0. The molecule has 1 amide bonds. The van der Waals surface area contributed by atoms with Gasteiger partial charge < -0.3 is 15.0 Å². The van der Waals surface area contributed by atoms with Crippen LogP contribution in [0.3, 0.4) is 0 Å². The van der Waals surface area contributed by atoms with Gasteiger partial charge in [-0.3, -0.25) is 4.79 Å². The Morgan fingerprint density at radius 3 is 2.22 bits per heavy atom. The molecule has 4 nitrogen and oxygen atoms in total. The van der Waals surface area contributed by atoms with E-state index in [2.05, 4.69) is 26.1 Å². The van der Waals surface area contributed by atoms with Gasteiger partial charge in [0.15, 0.2) is 0 Å². The molecular formula is C14H28N2O2. The van der Waals surface area contributed by atoms with Gasteiger partial charge in [0.2, 0.25) is 5.91 Å². The van der Waals surface area contributed by atoms with E-state index in [1.54, 1.807) is 0 Å². The van der Waals surface area contributed by atoms with Gasteiger partial charge in [-0.25, -0.2) is 0 Å². The Morgan fingerprint density at radius 1 is 1.22 bits per heavy atom. The molecule has 1 heterocycles. The van der Waals surface area contributed by atoms with Gasteiger partial charge in [0.1, 0.15) is 6.61 Å². The molecule has 18 heavy (non-hydrogen) atoms. The number of nitrogens with one attached hydrogen (secondary N) is 1. The molecule has 0 unspecified atom stereocenters. The van der Waals surface area contributed by atoms with Crippen LogP contribution in [0.1, 0.15) is 41.5 Å². The first-order valence-corrected chi connectivity index (χ1v) is 6.73. The van der Waals surface area contributed by atoms with Crippen molar-refractivity contribution >= 4 is 5.91 Å². The molecule has 0 aliphatic carbocycles. The number of carbonyl (C=O) groups excluding carboxylic acids is 1. The highest BCUT2D eigenvalue weighted by atomic mass is 16.5. The molecule has 0 aromatic carbocycles. The maximum Gasteiger partial charge on any atom is 0.248 e. The molecule has 0 spiro atoms. The fraction of sp³-hybridized carbons (Fsp3) is 0.929. The lowest BCUT2D eigenvalue weighted by molar-refractivity contribution is -0.147. The summed E-state index contributed by atoms with van der Waals surface area (Å²) in [7, 11) is 0. The van der Waals surface area contributed by atoms with Crippen molar-refractivity contribution in [3.8, 4) is 0 Å². The van der Waals surface area contributed by atoms with Crippen LogP contribution in [0.25, 0.3) is 0 Å². The van der Waals surface area contributed by atoms with Gasteiger partial charge in [-0.1, -0.05) is 0 Å². The van der Waals surface area contributed by atoms with Crippen LogP contribution in [-0.2, 0) is 9.53 Å². The van der Waals surface area contributed by atoms with E-state index in [4.69, 9.17) is 4.74 Å². The number of amides is 1. The molecule has 1 rings (SSSR count). The van der Waals surface area contributed by atoms with Gasteiger partial charge in [-0.05, 0) is 41.5 Å². The Balaban J connectivity index is 2.16. The van der Waals surface area contributed by atoms with Crippen LogP contribution >= 0.6 is 0 Å². The lowest BCUT2D eigenvalue weighted by Gasteiger charge is -2.41. The van der Waals surface area contributed by atoms with Crippen molar-refractivity contribution in [2.75, 3.05) is 26.2 Å². The number of hydrogen-bond donors (Lipinski definition) is 1. The van der Waals surface area contributed by atoms with Crippen molar-refractivity contribution in [2.45, 2.75) is 52.7 Å². The molecule has 0 atom stereocenters. The maximum absolute atomic E-state index is 11.8. The number of rotatable bonds is 4. The average molecular weight is 256 g/mol. The molecule has 0 saturated carbocycles. The molecule has 1 fully saturated rings. The summed E-state index contributed by atoms with van der Waals surface area (Å²) in [6.07, 6.45) is 0. The van der Waals surface area contributed by atoms with Gasteiger partial charge >= 0.3 is 0 Å². The Hall–Kier alpha value is -0.610. The summed E-state index contributed by atoms with van der Waals surface area (Å²) in [4.78, 5) is 13.7. The topological polar surface area (TPSA) is 41.6 Å². The number of carbonyl (C=O) groups is 1. The second-order valence-corrected chi connectivity index (χ2v) is 7.20. The van der Waals surface area contributed by atoms with Crippen LogP contribution in [0, 0.1) is 5.92 Å². The summed E-state index contributed by atoms with van der Waals surface area (Å²) >= 11 is 0. The van der Waals surface area contributed by atoms with Crippen LogP contribution in [0.4, 0.5) is 0 Å². The van der Waals surface area contributed by atoms with Crippen molar-refractivity contribution < 1.29 is 9.53 Å². The smallest absolute Gasteiger partial charge is 0.248 e. The molecule has 0 bridgehead atoms. The highest BCUT2D eigenvalue weighted by molar-refractivity contribution is 5.78. The summed E-state index contributed by atoms with van der Waals surface area (Å²) in [5.41, 5.74) is -0.0898. The summed E-state index contributed by atoms with van der Waals surface area (Å²) in [5, 5.41) is 3.47. The SMILES string of the molecule is CC(C)(C)NCC1CN(C(=O)COC(C)(C)C)C1. The number of likely N-dealkylation sites (tertiary alicyclic amines) is 1. The molecule has 106 valence electrons. The molecule has 1 saturated heterocycles. The standard InChI is InChI=1S/C14H28N2O2/c1-13(2,3)15-7-11-8-16(9-11)12(17)10-18-14(4,5)6/h11,15H,7-10H2,1-6H3. The zero-order valence-corrected chi connectivity index (χ0v) is 12.7. The zero-order valence-electron chi connectivity index (χ0n) is 12.7. The Kier molecular flexibility index (Phi) is 4.78. The minimum absolute atomic E-state index is 0.108. The Labute approximate surface area is 111 Å². The highest BCUT2D eigenvalue weighted by Crippen LogP contribution is 2.17. The number of nitrogens with zero attached hydrogens (tertiary/aromatic N) is 1. The van der Waals surface area contributed by atoms with Gasteiger partial charge in [-0.2, -0.15) is 0 Å². The van der Waals surface area contributed by atoms with Gasteiger partial charge in [0.05, 0.1) is 5.60 Å². The van der Waals surface area contributed by atoms with Crippen molar-refractivity contribution in [2.24, 2.45) is 5.92 Å². The van der Waals surface area contributed by atoms with Crippen LogP contribution in [0.15, 0.2) is 0 Å². The van der Waals surface area contributed by atoms with Crippen molar-refractivity contribution in [3.63, 3.8) is 0 Å². The van der Waals surface area contributed by atoms with Gasteiger partial charge in [0.25, 0.3) is 0 Å². The minimum Gasteiger partial charge on any atom is -0.366 e. The third-order valence-corrected chi connectivity index (χ3v) is 2.86. The van der Waals surface area contributed by atoms with Crippen LogP contribution in [0.2, 0.25) is 0 Å². The lowest BCUT2D eigenvalue weighted by atomic mass is 9.98. The lowest BCUT2D eigenvalue weighted by Crippen LogP contribution is -2.56. The van der Waals surface area contributed by atoms with E-state index in [1.165, 1.54) is 0 Å². The van der Waals surface area contributed by atoms with Crippen LogP contribution in [0.5, 0.6) is 0 Å². The van der Waals surface area contributed by atoms with E-state index in [-0.39, 0.29) is 23.7 Å². The quantitative estimate of drug-likeness (QED) is 0.831. The second kappa shape index (κ2) is 5.57. The van der Waals surface area contributed by atoms with E-state index in [0.29, 0.717) is 5.92 Å². The van der Waals surface area contributed by atoms with Crippen LogP contribution < -0.4 is 5.32 Å². The van der Waals surface area contributed by atoms with E-state index in [1.807, 2.05) is 25.7 Å². The van der Waals surface area contributed by atoms with Gasteiger partial charge in [0, 0.05) is 31.1 Å². The summed E-state index contributed by atoms with van der Waals surface area (Å²) in [6.45, 7) is 15.3. The average Bonchev–Trinajstić information content (AvgIpc) is 2.09. The fourth-order valence-electron chi connectivity index (χ4n) is 1.72. The van der Waals surface area contributed by atoms with E-state index in [0.717, 1.165) is 19.6 Å². The van der Waals surface area contributed by atoms with Crippen LogP contribution in [-0.4, -0.2) is 48.2 Å². The first-order valence-electron chi connectivity index (χ1n) is 6.73. The molecule has 1 aliphatic heterocycles. The van der Waals surface area contributed by atoms with Gasteiger partial charge in [-0.15, -0.1) is 0 Å². The summed E-state index contributed by atoms with van der Waals surface area (Å²) in [5.74, 6) is 0.694. The highest BCUT2D eigenvalue weighted by Gasteiger charge is 2.31. The Morgan fingerprint density at radius 2 is 1.78 bits per heavy atom. The summed E-state index contributed by atoms with van der Waals surface area (Å²) < 4.78 is 5.49. The summed E-state index contributed by atoms with van der Waals surface area (Å²) in [6, 6.07) is 0. The molecule has 4 heteroatoms. The molecule has 1 aliphatic rings. The van der Waals surface area contributed by atoms with Crippen molar-refractivity contribution in [1.29, 1.82) is 0 Å². The van der Waals surface area contributed by atoms with Crippen molar-refractivity contribution in [3.05, 3.63) is 0 Å². The van der Waals surface area contributed by atoms with Crippen molar-refractivity contribution in [1.82, 2.24) is 10.2 Å². The third-order valence-electron chi connectivity index (χ3n) is 2.86. The third kappa shape index (κ3) is 5.83. The minimum atomic E-state index is -0.242. The fourth-order valence-corrected chi connectivity index (χ4v) is 1.72. The first kappa shape index (κ1) is 15.4. The normalized spacial score (nSPS) is 17.8. The molecule has 0 radical (unpaired) electrons. The molecule has 0 aromatic rings. The molecular weight excluding hydrogens is 228 g/mol. The molecule has 0 aromatic heterocycles. The van der Waals surface area contributed by atoms with E-state index >= 15 is 0 Å². The first-order chi connectivity index (χ1) is 8.07. The molecule has 1 N–H and O–H groups in total. The Bertz CT molecular complexity index is 283. The predicted octanol–water partition coefficient (Wildman–Crippen LogP) is 1.65. The van der Waals surface area contributed by atoms with E-state index < -0.39 is 0 Å². The maximum atomic E-state index is 11.8. The largest absolute Gasteiger partial charge is 0.366 e. The number of hydrogen-bond acceptors (Lipinski definition) is 3. The number of ether oxygens (including phenoxy) is 1. The second-order valence-electron chi connectivity index (χ2n) is 7.20. The predicted molar refractivity (Wildman–Crippen MR) is 73.5 cm³/mol.